The van der Waals surface area contributed by atoms with Gasteiger partial charge in [0.15, 0.2) is 0 Å². The molecule has 0 unspecified atom stereocenters. The third-order valence-corrected chi connectivity index (χ3v) is 4.50. The fourth-order valence-corrected chi connectivity index (χ4v) is 3.14. The molecule has 7 heteroatoms. The molecule has 2 aliphatic heterocycles. The third kappa shape index (κ3) is 3.80. The fraction of sp³-hybridized carbons (Fsp3) is 0.588. The molecule has 2 fully saturated rings. The van der Waals surface area contributed by atoms with E-state index in [1.54, 1.807) is 32.4 Å². The number of ether oxygens (including phenoxy) is 4. The zero-order valence-corrected chi connectivity index (χ0v) is 14.1. The van der Waals surface area contributed by atoms with Crippen LogP contribution in [0.5, 0.6) is 11.5 Å². The number of methoxy groups -OCH3 is 2. The highest BCUT2D eigenvalue weighted by molar-refractivity contribution is 5.95. The van der Waals surface area contributed by atoms with Gasteiger partial charge in [0, 0.05) is 24.7 Å². The zero-order chi connectivity index (χ0) is 16.9. The zero-order valence-electron chi connectivity index (χ0n) is 14.1. The van der Waals surface area contributed by atoms with Gasteiger partial charge in [-0.3, -0.25) is 9.69 Å². The monoisotopic (exact) mass is 336 g/mol. The summed E-state index contributed by atoms with van der Waals surface area (Å²) in [6.07, 6.45) is 0. The Kier molecular flexibility index (Phi) is 5.55. The molecule has 2 saturated heterocycles. The molecule has 0 spiro atoms. The number of morpholine rings is 1. The summed E-state index contributed by atoms with van der Waals surface area (Å²) in [5.74, 6) is 1.03. The Morgan fingerprint density at radius 2 is 1.75 bits per heavy atom. The number of benzene rings is 1. The maximum Gasteiger partial charge on any atom is 0.251 e. The van der Waals surface area contributed by atoms with E-state index < -0.39 is 0 Å². The first-order chi connectivity index (χ1) is 11.7. The molecule has 24 heavy (non-hydrogen) atoms. The normalized spacial score (nSPS) is 24.6. The van der Waals surface area contributed by atoms with Crippen molar-refractivity contribution >= 4 is 5.91 Å². The molecule has 2 heterocycles. The largest absolute Gasteiger partial charge is 0.497 e. The number of nitrogens with zero attached hydrogens (tertiary/aromatic N) is 1. The van der Waals surface area contributed by atoms with Crippen molar-refractivity contribution in [2.45, 2.75) is 12.1 Å². The van der Waals surface area contributed by atoms with E-state index in [2.05, 4.69) is 10.2 Å². The number of carbonyl (C=O) groups is 1. The molecule has 2 atom stereocenters. The summed E-state index contributed by atoms with van der Waals surface area (Å²) in [6.45, 7) is 4.34. The Morgan fingerprint density at radius 3 is 2.38 bits per heavy atom. The van der Waals surface area contributed by atoms with Gasteiger partial charge in [0.2, 0.25) is 0 Å². The minimum atomic E-state index is -0.152. The van der Waals surface area contributed by atoms with Crippen LogP contribution >= 0.6 is 0 Å². The molecule has 132 valence electrons. The second-order valence-electron chi connectivity index (χ2n) is 5.93. The van der Waals surface area contributed by atoms with Crippen molar-refractivity contribution in [2.75, 3.05) is 53.7 Å². The maximum absolute atomic E-state index is 12.6. The lowest BCUT2D eigenvalue weighted by atomic mass is 10.1. The van der Waals surface area contributed by atoms with Gasteiger partial charge in [-0.1, -0.05) is 0 Å². The third-order valence-electron chi connectivity index (χ3n) is 4.50. The Morgan fingerprint density at radius 1 is 1.08 bits per heavy atom. The van der Waals surface area contributed by atoms with Crippen molar-refractivity contribution in [2.24, 2.45) is 0 Å². The van der Waals surface area contributed by atoms with Gasteiger partial charge in [0.1, 0.15) is 11.5 Å². The summed E-state index contributed by atoms with van der Waals surface area (Å²) in [7, 11) is 3.13. The maximum atomic E-state index is 12.6. The van der Waals surface area contributed by atoms with Crippen molar-refractivity contribution in [1.82, 2.24) is 10.2 Å². The molecule has 1 aromatic carbocycles. The van der Waals surface area contributed by atoms with E-state index >= 15 is 0 Å². The van der Waals surface area contributed by atoms with E-state index in [0.717, 1.165) is 26.3 Å². The first kappa shape index (κ1) is 17.0. The molecule has 0 bridgehead atoms. The van der Waals surface area contributed by atoms with Crippen molar-refractivity contribution in [3.8, 4) is 11.5 Å². The molecule has 0 aliphatic carbocycles. The van der Waals surface area contributed by atoms with Crippen molar-refractivity contribution in [3.63, 3.8) is 0 Å². The molecule has 0 saturated carbocycles. The van der Waals surface area contributed by atoms with Gasteiger partial charge in [0.25, 0.3) is 5.91 Å². The van der Waals surface area contributed by atoms with Gasteiger partial charge in [-0.25, -0.2) is 0 Å². The lowest BCUT2D eigenvalue weighted by Crippen LogP contribution is -2.54. The summed E-state index contributed by atoms with van der Waals surface area (Å²) in [5.41, 5.74) is 0.513. The number of hydrogen-bond acceptors (Lipinski definition) is 6. The van der Waals surface area contributed by atoms with Crippen LogP contribution in [-0.4, -0.2) is 76.6 Å². The van der Waals surface area contributed by atoms with Gasteiger partial charge >= 0.3 is 0 Å². The average molecular weight is 336 g/mol. The van der Waals surface area contributed by atoms with Crippen molar-refractivity contribution < 1.29 is 23.7 Å². The van der Waals surface area contributed by atoms with Crippen LogP contribution < -0.4 is 14.8 Å². The number of nitrogens with one attached hydrogen (secondary N) is 1. The average Bonchev–Trinajstić information content (AvgIpc) is 3.10. The molecule has 0 radical (unpaired) electrons. The fourth-order valence-electron chi connectivity index (χ4n) is 3.14. The van der Waals surface area contributed by atoms with Gasteiger partial charge in [0.05, 0.1) is 52.7 Å². The van der Waals surface area contributed by atoms with Crippen LogP contribution in [0.15, 0.2) is 18.2 Å². The second-order valence-corrected chi connectivity index (χ2v) is 5.93. The molecule has 7 nitrogen and oxygen atoms in total. The van der Waals surface area contributed by atoms with Crippen molar-refractivity contribution in [1.29, 1.82) is 0 Å². The van der Waals surface area contributed by atoms with E-state index in [4.69, 9.17) is 18.9 Å². The number of amides is 1. The molecule has 2 aliphatic rings. The topological polar surface area (TPSA) is 69.3 Å². The second kappa shape index (κ2) is 7.83. The minimum Gasteiger partial charge on any atom is -0.497 e. The van der Waals surface area contributed by atoms with Crippen LogP contribution in [-0.2, 0) is 9.47 Å². The summed E-state index contributed by atoms with van der Waals surface area (Å²) in [6, 6.07) is 5.30. The van der Waals surface area contributed by atoms with E-state index in [1.165, 1.54) is 0 Å². The van der Waals surface area contributed by atoms with E-state index in [9.17, 15) is 4.79 Å². The van der Waals surface area contributed by atoms with Gasteiger partial charge < -0.3 is 24.3 Å². The molecule has 1 N–H and O–H groups in total. The van der Waals surface area contributed by atoms with Crippen molar-refractivity contribution in [3.05, 3.63) is 23.8 Å². The standard InChI is InChI=1S/C17H24N2O5/c1-21-13-7-12(8-14(9-13)22-2)17(20)18-15-10-24-11-16(15)19-3-5-23-6-4-19/h7-9,15-16H,3-6,10-11H2,1-2H3,(H,18,20)/t15-,16-/m0/s1. The van der Waals surface area contributed by atoms with E-state index in [-0.39, 0.29) is 18.0 Å². The molecule has 1 aromatic rings. The van der Waals surface area contributed by atoms with E-state index in [1.807, 2.05) is 0 Å². The highest BCUT2D eigenvalue weighted by atomic mass is 16.5. The minimum absolute atomic E-state index is 0.0344. The van der Waals surface area contributed by atoms with Gasteiger partial charge in [-0.15, -0.1) is 0 Å². The Hall–Kier alpha value is -1.83. The smallest absolute Gasteiger partial charge is 0.251 e. The lowest BCUT2D eigenvalue weighted by Gasteiger charge is -2.34. The van der Waals surface area contributed by atoms with Crippen LogP contribution in [0, 0.1) is 0 Å². The highest BCUT2D eigenvalue weighted by Crippen LogP contribution is 2.23. The summed E-state index contributed by atoms with van der Waals surface area (Å²) in [5, 5.41) is 3.09. The SMILES string of the molecule is COc1cc(OC)cc(C(=O)N[C@H]2COC[C@@H]2N2CCOCC2)c1. The van der Waals surface area contributed by atoms with Gasteiger partial charge in [-0.2, -0.15) is 0 Å². The number of hydrogen-bond donors (Lipinski definition) is 1. The lowest BCUT2D eigenvalue weighted by molar-refractivity contribution is 0.0108. The van der Waals surface area contributed by atoms with Crippen LogP contribution in [0.2, 0.25) is 0 Å². The number of carbonyl (C=O) groups excluding carboxylic acids is 1. The molecular weight excluding hydrogens is 312 g/mol. The summed E-state index contributed by atoms with van der Waals surface area (Å²) in [4.78, 5) is 15.0. The predicted octanol–water partition coefficient (Wildman–Crippen LogP) is 0.533. The molecule has 3 rings (SSSR count). The molecular formula is C17H24N2O5. The number of rotatable bonds is 5. The van der Waals surface area contributed by atoms with Gasteiger partial charge in [-0.05, 0) is 12.1 Å². The Labute approximate surface area is 141 Å². The van der Waals surface area contributed by atoms with E-state index in [0.29, 0.717) is 30.3 Å². The Balaban J connectivity index is 1.69. The van der Waals surface area contributed by atoms with Crippen LogP contribution in [0.1, 0.15) is 10.4 Å². The van der Waals surface area contributed by atoms with Crippen LogP contribution in [0.25, 0.3) is 0 Å². The summed E-state index contributed by atoms with van der Waals surface area (Å²) >= 11 is 0. The van der Waals surface area contributed by atoms with Crippen LogP contribution in [0.4, 0.5) is 0 Å². The first-order valence-corrected chi connectivity index (χ1v) is 8.14. The summed E-state index contributed by atoms with van der Waals surface area (Å²) < 4.78 is 21.5. The highest BCUT2D eigenvalue weighted by Gasteiger charge is 2.35. The molecule has 1 amide bonds. The first-order valence-electron chi connectivity index (χ1n) is 8.14. The quantitative estimate of drug-likeness (QED) is 0.846. The Bertz CT molecular complexity index is 552. The molecule has 0 aromatic heterocycles. The van der Waals surface area contributed by atoms with Crippen LogP contribution in [0.3, 0.4) is 0 Å². The predicted molar refractivity (Wildman–Crippen MR) is 87.8 cm³/mol.